The molecule has 0 saturated carbocycles. The average Bonchev–Trinajstić information content (AvgIpc) is 2.37. The summed E-state index contributed by atoms with van der Waals surface area (Å²) in [7, 11) is -3.58. The van der Waals surface area contributed by atoms with E-state index in [9.17, 15) is 13.2 Å². The van der Waals surface area contributed by atoms with Gasteiger partial charge in [0.25, 0.3) is 0 Å². The molecule has 1 aromatic carbocycles. The monoisotopic (exact) mass is 363 g/mol. The molecule has 2 N–H and O–H groups in total. The van der Waals surface area contributed by atoms with E-state index in [4.69, 9.17) is 5.11 Å². The lowest BCUT2D eigenvalue weighted by Crippen LogP contribution is -2.26. The van der Waals surface area contributed by atoms with Gasteiger partial charge in [0.15, 0.2) is 0 Å². The molecule has 0 aliphatic rings. The molecule has 0 aliphatic heterocycles. The third-order valence-electron chi connectivity index (χ3n) is 2.97. The number of aliphatic carboxylic acids is 1. The van der Waals surface area contributed by atoms with E-state index in [0.717, 1.165) is 5.56 Å². The van der Waals surface area contributed by atoms with Gasteiger partial charge in [-0.1, -0.05) is 19.1 Å². The molecule has 0 spiro atoms. The van der Waals surface area contributed by atoms with E-state index in [0.29, 0.717) is 17.3 Å². The van der Waals surface area contributed by atoms with Crippen LogP contribution in [0.2, 0.25) is 0 Å². The van der Waals surface area contributed by atoms with Crippen molar-refractivity contribution in [3.63, 3.8) is 0 Å². The fourth-order valence-electron chi connectivity index (χ4n) is 1.64. The van der Waals surface area contributed by atoms with Gasteiger partial charge in [-0.15, -0.1) is 0 Å². The molecule has 0 saturated heterocycles. The lowest BCUT2D eigenvalue weighted by molar-refractivity contribution is -0.141. The molecule has 1 unspecified atom stereocenters. The van der Waals surface area contributed by atoms with Crippen LogP contribution in [0.3, 0.4) is 0 Å². The molecule has 20 heavy (non-hydrogen) atoms. The third-order valence-corrected chi connectivity index (χ3v) is 5.79. The molecule has 1 rings (SSSR count). The largest absolute Gasteiger partial charge is 0.481 e. The summed E-state index contributed by atoms with van der Waals surface area (Å²) in [6.45, 7) is 3.64. The molecule has 7 heteroatoms. The Labute approximate surface area is 127 Å². The van der Waals surface area contributed by atoms with Crippen LogP contribution in [-0.2, 0) is 14.8 Å². The first-order valence-corrected chi connectivity index (χ1v) is 8.51. The van der Waals surface area contributed by atoms with Crippen molar-refractivity contribution in [1.29, 1.82) is 0 Å². The average molecular weight is 364 g/mol. The van der Waals surface area contributed by atoms with Gasteiger partial charge in [-0.3, -0.25) is 4.79 Å². The summed E-state index contributed by atoms with van der Waals surface area (Å²) in [6, 6.07) is 5.03. The summed E-state index contributed by atoms with van der Waals surface area (Å²) in [5, 5.41) is 8.74. The number of hydrogen-bond donors (Lipinski definition) is 2. The molecule has 0 radical (unpaired) electrons. The van der Waals surface area contributed by atoms with E-state index in [2.05, 4.69) is 20.7 Å². The van der Waals surface area contributed by atoms with Crippen LogP contribution in [0.15, 0.2) is 27.6 Å². The van der Waals surface area contributed by atoms with Crippen LogP contribution in [0.1, 0.15) is 25.3 Å². The van der Waals surface area contributed by atoms with Crippen LogP contribution in [0.4, 0.5) is 0 Å². The number of carboxylic acids is 1. The second-order valence-corrected chi connectivity index (χ2v) is 7.19. The van der Waals surface area contributed by atoms with E-state index >= 15 is 0 Å². The van der Waals surface area contributed by atoms with Gasteiger partial charge in [-0.2, -0.15) is 0 Å². The molecular formula is C13H18BrNO4S. The second kappa shape index (κ2) is 7.19. The van der Waals surface area contributed by atoms with Crippen molar-refractivity contribution in [2.24, 2.45) is 5.92 Å². The summed E-state index contributed by atoms with van der Waals surface area (Å²) in [4.78, 5) is 10.8. The molecule has 5 nitrogen and oxygen atoms in total. The highest BCUT2D eigenvalue weighted by molar-refractivity contribution is 9.10. The second-order valence-electron chi connectivity index (χ2n) is 4.67. The molecule has 0 bridgehead atoms. The van der Waals surface area contributed by atoms with E-state index in [1.807, 2.05) is 13.0 Å². The summed E-state index contributed by atoms with van der Waals surface area (Å²) in [5.74, 6) is -1.33. The number of hydrogen-bond acceptors (Lipinski definition) is 3. The van der Waals surface area contributed by atoms with Crippen LogP contribution in [0.5, 0.6) is 0 Å². The Morgan fingerprint density at radius 1 is 1.45 bits per heavy atom. The third kappa shape index (κ3) is 4.57. The predicted octanol–water partition coefficient (Wildman–Crippen LogP) is 2.54. The van der Waals surface area contributed by atoms with Crippen molar-refractivity contribution < 1.29 is 18.3 Å². The smallest absolute Gasteiger partial charge is 0.306 e. The minimum atomic E-state index is -3.58. The van der Waals surface area contributed by atoms with Crippen molar-refractivity contribution in [3.05, 3.63) is 28.2 Å². The highest BCUT2D eigenvalue weighted by Crippen LogP contribution is 2.25. The SMILES string of the molecule is Cc1cccc(S(=O)(=O)NCCCC(C)C(=O)O)c1Br. The van der Waals surface area contributed by atoms with Crippen LogP contribution in [0, 0.1) is 12.8 Å². The molecule has 1 aromatic rings. The van der Waals surface area contributed by atoms with E-state index in [1.54, 1.807) is 13.0 Å². The lowest BCUT2D eigenvalue weighted by Gasteiger charge is -2.10. The first-order valence-electron chi connectivity index (χ1n) is 6.23. The Kier molecular flexibility index (Phi) is 6.16. The molecular weight excluding hydrogens is 346 g/mol. The van der Waals surface area contributed by atoms with E-state index in [1.165, 1.54) is 6.07 Å². The number of benzene rings is 1. The maximum atomic E-state index is 12.1. The molecule has 0 aromatic heterocycles. The number of carbonyl (C=O) groups is 1. The van der Waals surface area contributed by atoms with Crippen molar-refractivity contribution in [2.45, 2.75) is 31.6 Å². The number of rotatable bonds is 7. The first kappa shape index (κ1) is 17.1. The Morgan fingerprint density at radius 2 is 2.10 bits per heavy atom. The topological polar surface area (TPSA) is 83.5 Å². The summed E-state index contributed by atoms with van der Waals surface area (Å²) in [5.41, 5.74) is 0.840. The normalized spacial score (nSPS) is 13.2. The number of carboxylic acid groups (broad SMARTS) is 1. The molecule has 0 fully saturated rings. The van der Waals surface area contributed by atoms with Crippen LogP contribution < -0.4 is 4.72 Å². The van der Waals surface area contributed by atoms with Crippen LogP contribution in [0.25, 0.3) is 0 Å². The van der Waals surface area contributed by atoms with Gasteiger partial charge in [0.1, 0.15) is 0 Å². The highest BCUT2D eigenvalue weighted by Gasteiger charge is 2.18. The van der Waals surface area contributed by atoms with Gasteiger partial charge in [0.05, 0.1) is 10.8 Å². The minimum absolute atomic E-state index is 0.198. The molecule has 0 amide bonds. The highest BCUT2D eigenvalue weighted by atomic mass is 79.9. The first-order chi connectivity index (χ1) is 9.25. The quantitative estimate of drug-likeness (QED) is 0.729. The van der Waals surface area contributed by atoms with Crippen molar-refractivity contribution >= 4 is 31.9 Å². The molecule has 112 valence electrons. The van der Waals surface area contributed by atoms with Gasteiger partial charge in [0.2, 0.25) is 10.0 Å². The maximum Gasteiger partial charge on any atom is 0.306 e. The standard InChI is InChI=1S/C13H18BrNO4S/c1-9-5-3-7-11(12(9)14)20(18,19)15-8-4-6-10(2)13(16)17/h3,5,7,10,15H,4,6,8H2,1-2H3,(H,16,17). The van der Waals surface area contributed by atoms with Gasteiger partial charge in [-0.25, -0.2) is 13.1 Å². The Balaban J connectivity index is 2.63. The number of nitrogens with one attached hydrogen (secondary N) is 1. The van der Waals surface area contributed by atoms with Crippen molar-refractivity contribution in [3.8, 4) is 0 Å². The van der Waals surface area contributed by atoms with Gasteiger partial charge in [-0.05, 0) is 47.3 Å². The van der Waals surface area contributed by atoms with E-state index < -0.39 is 21.9 Å². The van der Waals surface area contributed by atoms with Crippen LogP contribution in [-0.4, -0.2) is 26.0 Å². The molecule has 0 heterocycles. The summed E-state index contributed by atoms with van der Waals surface area (Å²) in [6.07, 6.45) is 0.920. The zero-order valence-electron chi connectivity index (χ0n) is 11.4. The summed E-state index contributed by atoms with van der Waals surface area (Å²) < 4.78 is 27.3. The fraction of sp³-hybridized carbons (Fsp3) is 0.462. The number of sulfonamides is 1. The fourth-order valence-corrected chi connectivity index (χ4v) is 3.77. The molecule has 0 aliphatic carbocycles. The van der Waals surface area contributed by atoms with Crippen molar-refractivity contribution in [1.82, 2.24) is 4.72 Å². The van der Waals surface area contributed by atoms with Gasteiger partial charge < -0.3 is 5.11 Å². The number of halogens is 1. The lowest BCUT2D eigenvalue weighted by atomic mass is 10.1. The van der Waals surface area contributed by atoms with Crippen molar-refractivity contribution in [2.75, 3.05) is 6.54 Å². The van der Waals surface area contributed by atoms with Gasteiger partial charge in [0, 0.05) is 11.0 Å². The zero-order chi connectivity index (χ0) is 15.3. The summed E-state index contributed by atoms with van der Waals surface area (Å²) >= 11 is 3.27. The Morgan fingerprint density at radius 3 is 2.70 bits per heavy atom. The predicted molar refractivity (Wildman–Crippen MR) is 80.1 cm³/mol. The Hall–Kier alpha value is -0.920. The Bertz CT molecular complexity index is 586. The minimum Gasteiger partial charge on any atom is -0.481 e. The van der Waals surface area contributed by atoms with E-state index in [-0.39, 0.29) is 11.4 Å². The van der Waals surface area contributed by atoms with Gasteiger partial charge >= 0.3 is 5.97 Å². The number of aryl methyl sites for hydroxylation is 1. The zero-order valence-corrected chi connectivity index (χ0v) is 13.8. The van der Waals surface area contributed by atoms with Crippen LogP contribution >= 0.6 is 15.9 Å². The maximum absolute atomic E-state index is 12.1. The molecule has 1 atom stereocenters.